The van der Waals surface area contributed by atoms with Gasteiger partial charge >= 0.3 is 0 Å². The summed E-state index contributed by atoms with van der Waals surface area (Å²) in [5.74, 6) is 2.27. The van der Waals surface area contributed by atoms with Crippen LogP contribution in [-0.4, -0.2) is 51.9 Å². The lowest BCUT2D eigenvalue weighted by molar-refractivity contribution is -0.139. The number of hydrogen-bond donors (Lipinski definition) is 1. The predicted octanol–water partition coefficient (Wildman–Crippen LogP) is 1.38. The van der Waals surface area contributed by atoms with E-state index in [1.165, 1.54) is 21.0 Å². The van der Waals surface area contributed by atoms with Crippen LogP contribution in [0.3, 0.4) is 0 Å². The summed E-state index contributed by atoms with van der Waals surface area (Å²) in [6.07, 6.45) is 1.70. The molecule has 2 atom stereocenters. The van der Waals surface area contributed by atoms with E-state index >= 15 is 0 Å². The van der Waals surface area contributed by atoms with Crippen molar-refractivity contribution in [3.63, 3.8) is 0 Å². The molecule has 0 aromatic carbocycles. The molecule has 0 saturated carbocycles. The van der Waals surface area contributed by atoms with E-state index in [2.05, 4.69) is 27.0 Å². The third-order valence-electron chi connectivity index (χ3n) is 5.76. The van der Waals surface area contributed by atoms with Crippen molar-refractivity contribution in [2.75, 3.05) is 26.3 Å². The monoisotopic (exact) mass is 373 g/mol. The van der Waals surface area contributed by atoms with Crippen LogP contribution < -0.4 is 5.32 Å². The SMILES string of the molecule is Cc1nnc2n1-c1sc3c(c1[C@@H](C)NC2)C[C@H](C(=O)N1CCOCC1)C3. The number of carbonyl (C=O) groups excluding carboxylic acids is 1. The summed E-state index contributed by atoms with van der Waals surface area (Å²) in [5.41, 5.74) is 2.71. The second-order valence-corrected chi connectivity index (χ2v) is 8.45. The van der Waals surface area contributed by atoms with Crippen molar-refractivity contribution < 1.29 is 9.53 Å². The van der Waals surface area contributed by atoms with Crippen LogP contribution in [0.1, 0.15) is 40.6 Å². The van der Waals surface area contributed by atoms with E-state index in [9.17, 15) is 4.79 Å². The first-order valence-electron chi connectivity index (χ1n) is 9.29. The lowest BCUT2D eigenvalue weighted by Crippen LogP contribution is -2.44. The molecule has 2 aliphatic heterocycles. The standard InChI is InChI=1S/C18H23N5O2S/c1-10-16-13-7-12(17(24)22-3-5-25-6-4-22)8-14(13)26-18(16)23-11(2)20-21-15(23)9-19-10/h10,12,19H,3-9H2,1-2H3/t10-,12+/m1/s1. The first kappa shape index (κ1) is 16.4. The molecule has 1 N–H and O–H groups in total. The molecule has 0 radical (unpaired) electrons. The average Bonchev–Trinajstić information content (AvgIpc) is 3.29. The Bertz CT molecular complexity index is 867. The van der Waals surface area contributed by atoms with E-state index < -0.39 is 0 Å². The quantitative estimate of drug-likeness (QED) is 0.818. The van der Waals surface area contributed by atoms with Gasteiger partial charge in [0.15, 0.2) is 5.82 Å². The third-order valence-corrected chi connectivity index (χ3v) is 7.02. The molecular weight excluding hydrogens is 350 g/mol. The van der Waals surface area contributed by atoms with Crippen molar-refractivity contribution in [3.8, 4) is 5.00 Å². The molecule has 4 heterocycles. The number of rotatable bonds is 1. The fourth-order valence-electron chi connectivity index (χ4n) is 4.40. The van der Waals surface area contributed by atoms with Gasteiger partial charge in [0.25, 0.3) is 0 Å². The third kappa shape index (κ3) is 2.43. The van der Waals surface area contributed by atoms with Crippen LogP contribution in [0.4, 0.5) is 0 Å². The number of morpholine rings is 1. The van der Waals surface area contributed by atoms with Gasteiger partial charge in [-0.15, -0.1) is 21.5 Å². The highest BCUT2D eigenvalue weighted by Crippen LogP contribution is 2.44. The molecule has 3 aliphatic rings. The maximum Gasteiger partial charge on any atom is 0.226 e. The Morgan fingerprint density at radius 3 is 2.88 bits per heavy atom. The van der Waals surface area contributed by atoms with Gasteiger partial charge in [0.1, 0.15) is 10.8 Å². The molecule has 1 saturated heterocycles. The summed E-state index contributed by atoms with van der Waals surface area (Å²) in [5, 5.41) is 13.4. The molecule has 138 valence electrons. The number of nitrogens with one attached hydrogen (secondary N) is 1. The summed E-state index contributed by atoms with van der Waals surface area (Å²) < 4.78 is 7.57. The molecule has 1 aliphatic carbocycles. The van der Waals surface area contributed by atoms with Crippen LogP contribution in [0.25, 0.3) is 5.00 Å². The maximum absolute atomic E-state index is 12.9. The number of hydrogen-bond acceptors (Lipinski definition) is 6. The van der Waals surface area contributed by atoms with Crippen molar-refractivity contribution in [2.24, 2.45) is 5.92 Å². The lowest BCUT2D eigenvalue weighted by atomic mass is 10.00. The minimum Gasteiger partial charge on any atom is -0.378 e. The molecule has 1 amide bonds. The number of amides is 1. The Balaban J connectivity index is 1.48. The second kappa shape index (κ2) is 6.14. The Morgan fingerprint density at radius 2 is 2.08 bits per heavy atom. The molecule has 5 rings (SSSR count). The maximum atomic E-state index is 12.9. The van der Waals surface area contributed by atoms with Crippen molar-refractivity contribution in [1.82, 2.24) is 25.0 Å². The molecule has 2 aromatic rings. The van der Waals surface area contributed by atoms with Crippen molar-refractivity contribution in [3.05, 3.63) is 27.7 Å². The van der Waals surface area contributed by atoms with Gasteiger partial charge in [-0.2, -0.15) is 0 Å². The molecule has 7 nitrogen and oxygen atoms in total. The number of carbonyl (C=O) groups is 1. The zero-order valence-electron chi connectivity index (χ0n) is 15.1. The first-order chi connectivity index (χ1) is 12.6. The van der Waals surface area contributed by atoms with Crippen molar-refractivity contribution >= 4 is 17.2 Å². The van der Waals surface area contributed by atoms with Crippen LogP contribution in [0.2, 0.25) is 0 Å². The normalized spacial score (nSPS) is 24.8. The number of nitrogens with zero attached hydrogens (tertiary/aromatic N) is 4. The summed E-state index contributed by atoms with van der Waals surface area (Å²) in [6, 6.07) is 0.253. The Morgan fingerprint density at radius 1 is 1.27 bits per heavy atom. The van der Waals surface area contributed by atoms with Gasteiger partial charge in [-0.1, -0.05) is 0 Å². The summed E-state index contributed by atoms with van der Waals surface area (Å²) in [6.45, 7) is 7.70. The first-order valence-corrected chi connectivity index (χ1v) is 10.1. The molecule has 0 bridgehead atoms. The molecule has 0 spiro atoms. The molecule has 26 heavy (non-hydrogen) atoms. The van der Waals surface area contributed by atoms with Crippen LogP contribution in [-0.2, 0) is 28.9 Å². The fraction of sp³-hybridized carbons (Fsp3) is 0.611. The molecule has 2 aromatic heterocycles. The fourth-order valence-corrected chi connectivity index (χ4v) is 5.98. The van der Waals surface area contributed by atoms with Crippen molar-refractivity contribution in [2.45, 2.75) is 39.3 Å². The summed E-state index contributed by atoms with van der Waals surface area (Å²) >= 11 is 1.82. The molecular formula is C18H23N5O2S. The van der Waals surface area contributed by atoms with Crippen LogP contribution in [0, 0.1) is 12.8 Å². The number of thiophene rings is 1. The molecule has 0 unspecified atom stereocenters. The van der Waals surface area contributed by atoms with Crippen LogP contribution in [0.15, 0.2) is 0 Å². The lowest BCUT2D eigenvalue weighted by Gasteiger charge is -2.29. The van der Waals surface area contributed by atoms with E-state index in [1.54, 1.807) is 0 Å². The Hall–Kier alpha value is -1.77. The van der Waals surface area contributed by atoms with Gasteiger partial charge in [-0.25, -0.2) is 0 Å². The Kier molecular flexibility index (Phi) is 3.88. The zero-order valence-corrected chi connectivity index (χ0v) is 15.9. The van der Waals surface area contributed by atoms with Gasteiger partial charge in [0, 0.05) is 35.5 Å². The van der Waals surface area contributed by atoms with E-state index in [0.29, 0.717) is 25.7 Å². The van der Waals surface area contributed by atoms with Crippen LogP contribution >= 0.6 is 11.3 Å². The highest BCUT2D eigenvalue weighted by molar-refractivity contribution is 7.15. The van der Waals surface area contributed by atoms with Gasteiger partial charge in [0.05, 0.1) is 19.8 Å². The minimum atomic E-state index is 0.0802. The van der Waals surface area contributed by atoms with Crippen LogP contribution in [0.5, 0.6) is 0 Å². The molecule has 8 heteroatoms. The van der Waals surface area contributed by atoms with Gasteiger partial charge in [0.2, 0.25) is 5.91 Å². The highest BCUT2D eigenvalue weighted by Gasteiger charge is 2.38. The zero-order chi connectivity index (χ0) is 17.8. The molecule has 1 fully saturated rings. The van der Waals surface area contributed by atoms with E-state index in [4.69, 9.17) is 4.74 Å². The average molecular weight is 373 g/mol. The van der Waals surface area contributed by atoms with Gasteiger partial charge in [-0.3, -0.25) is 9.36 Å². The highest BCUT2D eigenvalue weighted by atomic mass is 32.1. The van der Waals surface area contributed by atoms with Gasteiger partial charge < -0.3 is 15.0 Å². The number of aryl methyl sites for hydroxylation is 1. The summed E-state index contributed by atoms with van der Waals surface area (Å²) in [4.78, 5) is 16.3. The largest absolute Gasteiger partial charge is 0.378 e. The van der Waals surface area contributed by atoms with E-state index in [-0.39, 0.29) is 12.0 Å². The van der Waals surface area contributed by atoms with Gasteiger partial charge in [-0.05, 0) is 32.3 Å². The summed E-state index contributed by atoms with van der Waals surface area (Å²) in [7, 11) is 0. The number of fused-ring (bicyclic) bond motifs is 5. The number of ether oxygens (including phenoxy) is 1. The van der Waals surface area contributed by atoms with E-state index in [0.717, 1.165) is 37.6 Å². The number of aromatic nitrogens is 3. The predicted molar refractivity (Wildman–Crippen MR) is 97.5 cm³/mol. The second-order valence-electron chi connectivity index (χ2n) is 7.37. The smallest absolute Gasteiger partial charge is 0.226 e. The Labute approximate surface area is 156 Å². The van der Waals surface area contributed by atoms with Crippen molar-refractivity contribution in [1.29, 1.82) is 0 Å². The van der Waals surface area contributed by atoms with E-state index in [1.807, 2.05) is 23.2 Å². The minimum absolute atomic E-state index is 0.0802. The topological polar surface area (TPSA) is 72.3 Å².